The molecule has 1 fully saturated rings. The molecule has 1 aliphatic rings. The fourth-order valence-corrected chi connectivity index (χ4v) is 3.23. The van der Waals surface area contributed by atoms with Gasteiger partial charge in [0.25, 0.3) is 0 Å². The molecule has 2 amide bonds. The number of rotatable bonds is 5. The van der Waals surface area contributed by atoms with E-state index in [1.807, 2.05) is 42.2 Å². The number of ether oxygens (including phenoxy) is 2. The molecule has 25 heavy (non-hydrogen) atoms. The summed E-state index contributed by atoms with van der Waals surface area (Å²) in [5.74, 6) is 2.63. The number of likely N-dealkylation sites (tertiary alicyclic amines) is 1. The van der Waals surface area contributed by atoms with Crippen molar-refractivity contribution in [3.8, 4) is 11.5 Å². The zero-order chi connectivity index (χ0) is 17.8. The minimum Gasteiger partial charge on any atom is -0.497 e. The summed E-state index contributed by atoms with van der Waals surface area (Å²) in [6.45, 7) is 3.35. The maximum Gasteiger partial charge on any atom is 0.317 e. The number of carbonyl (C=O) groups is 1. The van der Waals surface area contributed by atoms with E-state index in [-0.39, 0.29) is 18.0 Å². The van der Waals surface area contributed by atoms with Gasteiger partial charge < -0.3 is 24.1 Å². The molecule has 2 atom stereocenters. The van der Waals surface area contributed by atoms with E-state index in [4.69, 9.17) is 13.9 Å². The van der Waals surface area contributed by atoms with Gasteiger partial charge in [-0.15, -0.1) is 0 Å². The third-order valence-electron chi connectivity index (χ3n) is 4.67. The van der Waals surface area contributed by atoms with Crippen LogP contribution in [-0.2, 0) is 0 Å². The van der Waals surface area contributed by atoms with Crippen molar-refractivity contribution in [2.75, 3.05) is 27.3 Å². The van der Waals surface area contributed by atoms with E-state index in [9.17, 15) is 4.79 Å². The predicted octanol–water partition coefficient (Wildman–Crippen LogP) is 3.56. The third kappa shape index (κ3) is 3.73. The van der Waals surface area contributed by atoms with Crippen molar-refractivity contribution in [3.63, 3.8) is 0 Å². The molecule has 6 heteroatoms. The zero-order valence-electron chi connectivity index (χ0n) is 14.8. The molecule has 0 saturated carbocycles. The van der Waals surface area contributed by atoms with Crippen LogP contribution in [0.2, 0.25) is 0 Å². The molecule has 3 rings (SSSR count). The Bertz CT molecular complexity index is 714. The molecule has 1 aliphatic heterocycles. The predicted molar refractivity (Wildman–Crippen MR) is 94.1 cm³/mol. The Morgan fingerprint density at radius 2 is 2.16 bits per heavy atom. The summed E-state index contributed by atoms with van der Waals surface area (Å²) in [5.41, 5.74) is 0.915. The Hall–Kier alpha value is -2.63. The molecule has 1 unspecified atom stereocenters. The Morgan fingerprint density at radius 3 is 2.84 bits per heavy atom. The third-order valence-corrected chi connectivity index (χ3v) is 4.67. The summed E-state index contributed by atoms with van der Waals surface area (Å²) in [7, 11) is 3.23. The first kappa shape index (κ1) is 17.2. The summed E-state index contributed by atoms with van der Waals surface area (Å²) >= 11 is 0. The number of furan rings is 1. The van der Waals surface area contributed by atoms with E-state index in [0.717, 1.165) is 30.0 Å². The van der Waals surface area contributed by atoms with E-state index < -0.39 is 0 Å². The van der Waals surface area contributed by atoms with E-state index >= 15 is 0 Å². The average Bonchev–Trinajstić information content (AvgIpc) is 3.32. The van der Waals surface area contributed by atoms with E-state index in [0.29, 0.717) is 12.3 Å². The van der Waals surface area contributed by atoms with Crippen LogP contribution in [-0.4, -0.2) is 38.2 Å². The number of amides is 2. The summed E-state index contributed by atoms with van der Waals surface area (Å²) < 4.78 is 16.1. The number of nitrogens with zero attached hydrogens (tertiary/aromatic N) is 1. The molecular weight excluding hydrogens is 320 g/mol. The smallest absolute Gasteiger partial charge is 0.317 e. The maximum absolute atomic E-state index is 12.6. The van der Waals surface area contributed by atoms with Crippen molar-refractivity contribution in [1.82, 2.24) is 10.2 Å². The largest absolute Gasteiger partial charge is 0.497 e. The normalized spacial score (nSPS) is 18.0. The fraction of sp³-hybridized carbons (Fsp3) is 0.421. The van der Waals surface area contributed by atoms with Gasteiger partial charge in [-0.3, -0.25) is 0 Å². The molecule has 1 N–H and O–H groups in total. The lowest BCUT2D eigenvalue weighted by atomic mass is 10.1. The van der Waals surface area contributed by atoms with Gasteiger partial charge in [0, 0.05) is 30.6 Å². The van der Waals surface area contributed by atoms with Gasteiger partial charge in [0.1, 0.15) is 17.3 Å². The van der Waals surface area contributed by atoms with Crippen molar-refractivity contribution < 1.29 is 18.7 Å². The number of hydrogen-bond donors (Lipinski definition) is 1. The Balaban J connectivity index is 1.63. The van der Waals surface area contributed by atoms with Gasteiger partial charge in [0.15, 0.2) is 0 Å². The first-order valence-electron chi connectivity index (χ1n) is 8.43. The molecule has 1 saturated heterocycles. The molecule has 0 spiro atoms. The van der Waals surface area contributed by atoms with Gasteiger partial charge >= 0.3 is 6.03 Å². The van der Waals surface area contributed by atoms with Crippen LogP contribution in [0.1, 0.15) is 36.6 Å². The topological polar surface area (TPSA) is 63.9 Å². The van der Waals surface area contributed by atoms with Crippen LogP contribution < -0.4 is 14.8 Å². The van der Waals surface area contributed by atoms with Crippen molar-refractivity contribution in [2.45, 2.75) is 25.3 Å². The van der Waals surface area contributed by atoms with Gasteiger partial charge in [0.05, 0.1) is 26.5 Å². The first-order valence-corrected chi connectivity index (χ1v) is 8.43. The second kappa shape index (κ2) is 7.51. The van der Waals surface area contributed by atoms with Gasteiger partial charge in [-0.1, -0.05) is 0 Å². The minimum absolute atomic E-state index is 0.0700. The number of urea groups is 1. The minimum atomic E-state index is -0.170. The van der Waals surface area contributed by atoms with Gasteiger partial charge in [-0.2, -0.15) is 0 Å². The molecule has 1 aromatic carbocycles. The molecule has 2 aromatic rings. The van der Waals surface area contributed by atoms with Gasteiger partial charge in [-0.05, 0) is 37.6 Å². The molecular formula is C19H24N2O4. The molecule has 0 aliphatic carbocycles. The van der Waals surface area contributed by atoms with E-state index in [1.54, 1.807) is 20.5 Å². The monoisotopic (exact) mass is 344 g/mol. The quantitative estimate of drug-likeness (QED) is 0.901. The lowest BCUT2D eigenvalue weighted by Crippen LogP contribution is -2.39. The van der Waals surface area contributed by atoms with Crippen LogP contribution in [0.5, 0.6) is 11.5 Å². The number of carbonyl (C=O) groups excluding carboxylic acids is 1. The Kier molecular flexibility index (Phi) is 5.16. The molecule has 0 bridgehead atoms. The van der Waals surface area contributed by atoms with Crippen LogP contribution in [0.15, 0.2) is 41.0 Å². The van der Waals surface area contributed by atoms with E-state index in [2.05, 4.69) is 5.32 Å². The molecule has 0 radical (unpaired) electrons. The lowest BCUT2D eigenvalue weighted by Gasteiger charge is -2.22. The Labute approximate surface area is 147 Å². The second-order valence-electron chi connectivity index (χ2n) is 6.23. The molecule has 2 heterocycles. The lowest BCUT2D eigenvalue weighted by molar-refractivity contribution is 0.204. The van der Waals surface area contributed by atoms with Crippen LogP contribution in [0.4, 0.5) is 4.79 Å². The SMILES string of the molecule is COc1ccc([C@@H](C)NC(=O)N2CCC(c3ccco3)C2)c(OC)c1. The van der Waals surface area contributed by atoms with Gasteiger partial charge in [0.2, 0.25) is 0 Å². The maximum atomic E-state index is 12.6. The number of benzene rings is 1. The highest BCUT2D eigenvalue weighted by Crippen LogP contribution is 2.30. The number of hydrogen-bond acceptors (Lipinski definition) is 4. The van der Waals surface area contributed by atoms with Crippen LogP contribution in [0.3, 0.4) is 0 Å². The van der Waals surface area contributed by atoms with Crippen molar-refractivity contribution >= 4 is 6.03 Å². The number of nitrogens with one attached hydrogen (secondary N) is 1. The summed E-state index contributed by atoms with van der Waals surface area (Å²) in [6.07, 6.45) is 2.59. The van der Waals surface area contributed by atoms with Crippen molar-refractivity contribution in [3.05, 3.63) is 47.9 Å². The van der Waals surface area contributed by atoms with Crippen LogP contribution >= 0.6 is 0 Å². The highest BCUT2D eigenvalue weighted by molar-refractivity contribution is 5.75. The number of methoxy groups -OCH3 is 2. The second-order valence-corrected chi connectivity index (χ2v) is 6.23. The van der Waals surface area contributed by atoms with Crippen molar-refractivity contribution in [1.29, 1.82) is 0 Å². The van der Waals surface area contributed by atoms with Crippen LogP contribution in [0.25, 0.3) is 0 Å². The average molecular weight is 344 g/mol. The summed E-state index contributed by atoms with van der Waals surface area (Å²) in [6, 6.07) is 9.21. The summed E-state index contributed by atoms with van der Waals surface area (Å²) in [4.78, 5) is 14.4. The van der Waals surface area contributed by atoms with Crippen LogP contribution in [0, 0.1) is 0 Å². The highest BCUT2D eigenvalue weighted by atomic mass is 16.5. The molecule has 134 valence electrons. The first-order chi connectivity index (χ1) is 12.1. The van der Waals surface area contributed by atoms with Crippen molar-refractivity contribution in [2.24, 2.45) is 0 Å². The highest BCUT2D eigenvalue weighted by Gasteiger charge is 2.29. The Morgan fingerprint density at radius 1 is 1.32 bits per heavy atom. The summed E-state index contributed by atoms with van der Waals surface area (Å²) in [5, 5.41) is 3.05. The van der Waals surface area contributed by atoms with E-state index in [1.165, 1.54) is 0 Å². The fourth-order valence-electron chi connectivity index (χ4n) is 3.23. The van der Waals surface area contributed by atoms with Gasteiger partial charge in [-0.25, -0.2) is 4.79 Å². The molecule has 6 nitrogen and oxygen atoms in total. The molecule has 1 aromatic heterocycles. The standard InChI is InChI=1S/C19H24N2O4/c1-13(16-7-6-15(23-2)11-18(16)24-3)20-19(22)21-9-8-14(12-21)17-5-4-10-25-17/h4-7,10-11,13-14H,8-9,12H2,1-3H3,(H,20,22)/t13-,14?/m1/s1. The zero-order valence-corrected chi connectivity index (χ0v) is 14.8.